The second-order valence-electron chi connectivity index (χ2n) is 7.84. The number of fused-ring (bicyclic) bond motifs is 1. The molecule has 0 unspecified atom stereocenters. The minimum absolute atomic E-state index is 0.245. The molecule has 1 atom stereocenters. The zero-order chi connectivity index (χ0) is 22.8. The molecule has 0 aliphatic heterocycles. The van der Waals surface area contributed by atoms with Crippen molar-refractivity contribution in [3.05, 3.63) is 59.3 Å². The molecule has 0 bridgehead atoms. The van der Waals surface area contributed by atoms with Crippen molar-refractivity contribution < 1.29 is 14.6 Å². The van der Waals surface area contributed by atoms with Crippen LogP contribution in [0.1, 0.15) is 54.6 Å². The molecule has 0 saturated carbocycles. The molecule has 0 aliphatic carbocycles. The summed E-state index contributed by atoms with van der Waals surface area (Å²) in [5.41, 5.74) is 4.20. The summed E-state index contributed by atoms with van der Waals surface area (Å²) in [5, 5.41) is 11.7. The molecule has 7 heteroatoms. The maximum atomic E-state index is 11.1. The van der Waals surface area contributed by atoms with Gasteiger partial charge in [-0.15, -0.1) is 0 Å². The topological polar surface area (TPSA) is 88.8 Å². The lowest BCUT2D eigenvalue weighted by Gasteiger charge is -2.14. The van der Waals surface area contributed by atoms with Crippen molar-refractivity contribution >= 4 is 11.9 Å². The third kappa shape index (κ3) is 6.87. The number of aliphatic hydroxyl groups excluding tert-OH is 1. The summed E-state index contributed by atoms with van der Waals surface area (Å²) in [5.74, 6) is 1.50. The summed E-state index contributed by atoms with van der Waals surface area (Å²) in [6.45, 7) is 6.56. The summed E-state index contributed by atoms with van der Waals surface area (Å²) in [6.07, 6.45) is 6.99. The number of ether oxygens (including phenoxy) is 1. The zero-order valence-corrected chi connectivity index (χ0v) is 19.1. The van der Waals surface area contributed by atoms with Gasteiger partial charge in [-0.05, 0) is 43.5 Å². The van der Waals surface area contributed by atoms with Gasteiger partial charge in [0.2, 0.25) is 0 Å². The number of aldehydes is 1. The van der Waals surface area contributed by atoms with Crippen LogP contribution in [0.25, 0.3) is 5.65 Å². The molecule has 0 fully saturated rings. The Bertz CT molecular complexity index is 947. The van der Waals surface area contributed by atoms with Crippen LogP contribution >= 0.6 is 0 Å². The standard InChI is InChI=1S/C17H17N3O2.C7H17NO/c1-3-16-15(11-21)19-17-9-18-13(10-20(16)17)8-12-4-6-14(22-2)7-5-12;1-6(2)4-7(5-9)8-3/h4-7,9-11H,3,8H2,1-2H3;6-9H,4-5H2,1-3H3/t;7-/m.0/s1. The minimum Gasteiger partial charge on any atom is -0.497 e. The average Bonchev–Trinajstić information content (AvgIpc) is 3.15. The Morgan fingerprint density at radius 2 is 1.97 bits per heavy atom. The van der Waals surface area contributed by atoms with E-state index in [0.29, 0.717) is 17.3 Å². The van der Waals surface area contributed by atoms with E-state index in [1.807, 2.05) is 48.8 Å². The first-order valence-electron chi connectivity index (χ1n) is 10.7. The molecule has 0 saturated heterocycles. The number of rotatable bonds is 9. The van der Waals surface area contributed by atoms with Gasteiger partial charge in [-0.25, -0.2) is 4.98 Å². The Hall–Kier alpha value is -2.77. The molecule has 31 heavy (non-hydrogen) atoms. The Labute approximate surface area is 184 Å². The molecule has 7 nitrogen and oxygen atoms in total. The van der Waals surface area contributed by atoms with Crippen LogP contribution in [0.15, 0.2) is 36.7 Å². The number of aliphatic hydroxyl groups is 1. The lowest BCUT2D eigenvalue weighted by atomic mass is 10.1. The van der Waals surface area contributed by atoms with Crippen LogP contribution in [0, 0.1) is 5.92 Å². The highest BCUT2D eigenvalue weighted by Crippen LogP contribution is 2.16. The molecule has 1 aromatic carbocycles. The molecule has 0 spiro atoms. The van der Waals surface area contributed by atoms with Gasteiger partial charge in [-0.1, -0.05) is 32.9 Å². The SMILES string of the molecule is CCc1c(C=O)nc2cnc(Cc3ccc(OC)cc3)cn12.CN[C@H](CO)CC(C)C. The summed E-state index contributed by atoms with van der Waals surface area (Å²) in [4.78, 5) is 19.8. The maximum absolute atomic E-state index is 11.1. The summed E-state index contributed by atoms with van der Waals surface area (Å²) in [7, 11) is 3.53. The number of methoxy groups -OCH3 is 1. The van der Waals surface area contributed by atoms with Gasteiger partial charge in [-0.2, -0.15) is 0 Å². The Kier molecular flexibility index (Phi) is 9.62. The van der Waals surface area contributed by atoms with Crippen molar-refractivity contribution in [2.75, 3.05) is 20.8 Å². The average molecular weight is 427 g/mol. The lowest BCUT2D eigenvalue weighted by molar-refractivity contribution is 0.111. The van der Waals surface area contributed by atoms with E-state index in [1.54, 1.807) is 13.3 Å². The van der Waals surface area contributed by atoms with Gasteiger partial charge in [-0.3, -0.25) is 9.78 Å². The smallest absolute Gasteiger partial charge is 0.170 e. The van der Waals surface area contributed by atoms with E-state index in [2.05, 4.69) is 29.1 Å². The third-order valence-electron chi connectivity index (χ3n) is 5.07. The van der Waals surface area contributed by atoms with E-state index in [-0.39, 0.29) is 12.6 Å². The molecular formula is C24H34N4O3. The fourth-order valence-electron chi connectivity index (χ4n) is 3.40. The monoisotopic (exact) mass is 426 g/mol. The van der Waals surface area contributed by atoms with Crippen molar-refractivity contribution in [2.24, 2.45) is 5.92 Å². The van der Waals surface area contributed by atoms with Crippen molar-refractivity contribution in [2.45, 2.75) is 46.1 Å². The second kappa shape index (κ2) is 12.2. The van der Waals surface area contributed by atoms with Gasteiger partial charge in [0.15, 0.2) is 11.9 Å². The van der Waals surface area contributed by atoms with Gasteiger partial charge in [0.25, 0.3) is 0 Å². The quantitative estimate of drug-likeness (QED) is 0.510. The number of nitrogens with one attached hydrogen (secondary N) is 1. The number of nitrogens with zero attached hydrogens (tertiary/aromatic N) is 3. The first-order valence-corrected chi connectivity index (χ1v) is 10.7. The second-order valence-corrected chi connectivity index (χ2v) is 7.84. The van der Waals surface area contributed by atoms with Crippen LogP contribution in [-0.4, -0.2) is 52.6 Å². The van der Waals surface area contributed by atoms with E-state index in [1.165, 1.54) is 0 Å². The van der Waals surface area contributed by atoms with Gasteiger partial charge in [0, 0.05) is 18.7 Å². The van der Waals surface area contributed by atoms with Crippen molar-refractivity contribution in [3.8, 4) is 5.75 Å². The molecule has 0 amide bonds. The summed E-state index contributed by atoms with van der Waals surface area (Å²) in [6, 6.07) is 8.21. The van der Waals surface area contributed by atoms with Crippen LogP contribution in [0.4, 0.5) is 0 Å². The first-order chi connectivity index (χ1) is 14.9. The molecule has 2 N–H and O–H groups in total. The van der Waals surface area contributed by atoms with Crippen LogP contribution in [-0.2, 0) is 12.8 Å². The van der Waals surface area contributed by atoms with Crippen LogP contribution < -0.4 is 10.1 Å². The Balaban J connectivity index is 0.000000323. The highest BCUT2D eigenvalue weighted by molar-refractivity contribution is 5.75. The van der Waals surface area contributed by atoms with Crippen LogP contribution in [0.3, 0.4) is 0 Å². The number of likely N-dealkylation sites (N-methyl/N-ethyl adjacent to an activating group) is 1. The van der Waals surface area contributed by atoms with Gasteiger partial charge in [0.05, 0.1) is 31.3 Å². The van der Waals surface area contributed by atoms with Gasteiger partial charge in [0.1, 0.15) is 11.4 Å². The number of carbonyl (C=O) groups excluding carboxylic acids is 1. The number of aromatic nitrogens is 3. The van der Waals surface area contributed by atoms with Crippen molar-refractivity contribution in [1.82, 2.24) is 19.7 Å². The lowest BCUT2D eigenvalue weighted by Crippen LogP contribution is -2.30. The van der Waals surface area contributed by atoms with Crippen molar-refractivity contribution in [3.63, 3.8) is 0 Å². The van der Waals surface area contributed by atoms with E-state index in [4.69, 9.17) is 9.84 Å². The Morgan fingerprint density at radius 1 is 1.26 bits per heavy atom. The highest BCUT2D eigenvalue weighted by Gasteiger charge is 2.11. The molecule has 3 aromatic rings. The van der Waals surface area contributed by atoms with E-state index in [0.717, 1.165) is 48.2 Å². The zero-order valence-electron chi connectivity index (χ0n) is 19.1. The molecule has 3 rings (SSSR count). The largest absolute Gasteiger partial charge is 0.497 e. The number of hydrogen-bond acceptors (Lipinski definition) is 6. The third-order valence-corrected chi connectivity index (χ3v) is 5.07. The number of carbonyl (C=O) groups is 1. The molecule has 2 heterocycles. The van der Waals surface area contributed by atoms with E-state index < -0.39 is 0 Å². The fourth-order valence-corrected chi connectivity index (χ4v) is 3.40. The number of hydrogen-bond donors (Lipinski definition) is 2. The summed E-state index contributed by atoms with van der Waals surface area (Å²) < 4.78 is 7.12. The van der Waals surface area contributed by atoms with Crippen molar-refractivity contribution in [1.29, 1.82) is 0 Å². The first kappa shape index (κ1) is 24.5. The molecule has 0 radical (unpaired) electrons. The minimum atomic E-state index is 0.245. The van der Waals surface area contributed by atoms with E-state index >= 15 is 0 Å². The fraction of sp³-hybridized carbons (Fsp3) is 0.458. The Morgan fingerprint density at radius 3 is 2.45 bits per heavy atom. The van der Waals surface area contributed by atoms with Crippen LogP contribution in [0.2, 0.25) is 0 Å². The van der Waals surface area contributed by atoms with E-state index in [9.17, 15) is 4.79 Å². The number of aryl methyl sites for hydroxylation is 1. The molecule has 0 aliphatic rings. The van der Waals surface area contributed by atoms with Crippen LogP contribution in [0.5, 0.6) is 5.75 Å². The van der Waals surface area contributed by atoms with Gasteiger partial charge >= 0.3 is 0 Å². The summed E-state index contributed by atoms with van der Waals surface area (Å²) >= 11 is 0. The number of benzene rings is 1. The predicted molar refractivity (Wildman–Crippen MR) is 123 cm³/mol. The molecule has 2 aromatic heterocycles. The maximum Gasteiger partial charge on any atom is 0.170 e. The normalized spacial score (nSPS) is 11.8. The molecular weight excluding hydrogens is 392 g/mol. The molecule has 168 valence electrons. The highest BCUT2D eigenvalue weighted by atomic mass is 16.5. The number of imidazole rings is 1. The predicted octanol–water partition coefficient (Wildman–Crippen LogP) is 3.32. The van der Waals surface area contributed by atoms with Gasteiger partial charge < -0.3 is 19.6 Å².